The zero-order valence-electron chi connectivity index (χ0n) is 11.5. The molecule has 0 heterocycles. The molecule has 1 aromatic carbocycles. The van der Waals surface area contributed by atoms with Crippen molar-refractivity contribution in [3.8, 4) is 0 Å². The van der Waals surface area contributed by atoms with E-state index in [2.05, 4.69) is 25.2 Å². The number of hydrogen-bond donors (Lipinski definition) is 2. The summed E-state index contributed by atoms with van der Waals surface area (Å²) in [5.41, 5.74) is -0.0928. The minimum atomic E-state index is -0.0928. The molecule has 1 aliphatic rings. The molecule has 106 valence electrons. The van der Waals surface area contributed by atoms with E-state index in [1.807, 2.05) is 30.0 Å². The van der Waals surface area contributed by atoms with Crippen molar-refractivity contribution >= 4 is 23.4 Å². The average Bonchev–Trinajstić information content (AvgIpc) is 2.72. The summed E-state index contributed by atoms with van der Waals surface area (Å²) >= 11 is 7.89. The fourth-order valence-corrected chi connectivity index (χ4v) is 4.47. The highest BCUT2D eigenvalue weighted by molar-refractivity contribution is 8.00. The maximum absolute atomic E-state index is 9.70. The lowest BCUT2D eigenvalue weighted by Gasteiger charge is -2.31. The Balaban J connectivity index is 1.97. The maximum atomic E-state index is 9.70. The Hall–Kier alpha value is -0.220. The van der Waals surface area contributed by atoms with Crippen LogP contribution >= 0.6 is 23.4 Å². The summed E-state index contributed by atoms with van der Waals surface area (Å²) in [6, 6.07) is 8.41. The summed E-state index contributed by atoms with van der Waals surface area (Å²) in [5.74, 6) is 0. The van der Waals surface area contributed by atoms with Gasteiger partial charge in [-0.15, -0.1) is 11.8 Å². The third-order valence-corrected chi connectivity index (χ3v) is 5.06. The number of nitrogens with one attached hydrogen (secondary N) is 1. The van der Waals surface area contributed by atoms with Crippen LogP contribution in [0.3, 0.4) is 0 Å². The van der Waals surface area contributed by atoms with Crippen molar-refractivity contribution in [1.82, 2.24) is 5.32 Å². The van der Waals surface area contributed by atoms with E-state index in [1.165, 1.54) is 4.90 Å². The van der Waals surface area contributed by atoms with Crippen LogP contribution in [0.15, 0.2) is 29.2 Å². The summed E-state index contributed by atoms with van der Waals surface area (Å²) in [4.78, 5) is 1.22. The van der Waals surface area contributed by atoms with E-state index in [1.54, 1.807) is 0 Å². The largest absolute Gasteiger partial charge is 0.394 e. The van der Waals surface area contributed by atoms with Gasteiger partial charge in [0, 0.05) is 26.7 Å². The summed E-state index contributed by atoms with van der Waals surface area (Å²) in [5, 5.41) is 14.6. The highest BCUT2D eigenvalue weighted by Crippen LogP contribution is 2.40. The molecular formula is C15H22ClNOS. The number of benzene rings is 1. The minimum Gasteiger partial charge on any atom is -0.394 e. The lowest BCUT2D eigenvalue weighted by Crippen LogP contribution is -2.49. The predicted molar refractivity (Wildman–Crippen MR) is 83.0 cm³/mol. The molecule has 2 nitrogen and oxygen atoms in total. The first kappa shape index (κ1) is 15.2. The van der Waals surface area contributed by atoms with Gasteiger partial charge in [-0.3, -0.25) is 0 Å². The van der Waals surface area contributed by atoms with Gasteiger partial charge in [0.1, 0.15) is 0 Å². The average molecular weight is 300 g/mol. The highest BCUT2D eigenvalue weighted by atomic mass is 35.5. The molecule has 4 heteroatoms. The molecule has 0 saturated heterocycles. The lowest BCUT2D eigenvalue weighted by atomic mass is 9.98. The Bertz CT molecular complexity index is 426. The molecule has 0 bridgehead atoms. The monoisotopic (exact) mass is 299 g/mol. The van der Waals surface area contributed by atoms with Gasteiger partial charge in [0.25, 0.3) is 0 Å². The van der Waals surface area contributed by atoms with E-state index in [-0.39, 0.29) is 12.1 Å². The number of aliphatic hydroxyl groups excluding tert-OH is 1. The van der Waals surface area contributed by atoms with Gasteiger partial charge in [-0.05, 0) is 37.5 Å². The molecule has 0 radical (unpaired) electrons. The Morgan fingerprint density at radius 3 is 2.95 bits per heavy atom. The second kappa shape index (κ2) is 6.49. The fourth-order valence-electron chi connectivity index (χ4n) is 2.84. The quantitative estimate of drug-likeness (QED) is 0.869. The molecule has 0 aliphatic heterocycles. The van der Waals surface area contributed by atoms with Gasteiger partial charge in [-0.1, -0.05) is 31.5 Å². The van der Waals surface area contributed by atoms with Crippen molar-refractivity contribution in [2.24, 2.45) is 0 Å². The summed E-state index contributed by atoms with van der Waals surface area (Å²) in [7, 11) is 0. The Morgan fingerprint density at radius 1 is 1.53 bits per heavy atom. The maximum Gasteiger partial charge on any atom is 0.0613 e. The van der Waals surface area contributed by atoms with Crippen LogP contribution in [0.4, 0.5) is 0 Å². The van der Waals surface area contributed by atoms with Crippen molar-refractivity contribution in [2.45, 2.75) is 54.8 Å². The first-order chi connectivity index (χ1) is 9.03. The molecule has 0 spiro atoms. The van der Waals surface area contributed by atoms with Crippen LogP contribution in [0.25, 0.3) is 0 Å². The van der Waals surface area contributed by atoms with E-state index in [0.29, 0.717) is 11.3 Å². The second-order valence-electron chi connectivity index (χ2n) is 5.68. The minimum absolute atomic E-state index is 0.0928. The van der Waals surface area contributed by atoms with Gasteiger partial charge in [-0.25, -0.2) is 0 Å². The fraction of sp³-hybridized carbons (Fsp3) is 0.600. The molecule has 2 rings (SSSR count). The van der Waals surface area contributed by atoms with Gasteiger partial charge in [0.05, 0.1) is 6.61 Å². The zero-order chi connectivity index (χ0) is 13.9. The third-order valence-electron chi connectivity index (χ3n) is 3.56. The number of thioether (sulfide) groups is 1. The zero-order valence-corrected chi connectivity index (χ0v) is 13.1. The molecule has 2 N–H and O–H groups in total. The van der Waals surface area contributed by atoms with Crippen molar-refractivity contribution in [1.29, 1.82) is 0 Å². The topological polar surface area (TPSA) is 32.3 Å². The number of rotatable bonds is 5. The molecule has 1 aliphatic carbocycles. The third kappa shape index (κ3) is 4.12. The Kier molecular flexibility index (Phi) is 5.18. The van der Waals surface area contributed by atoms with Crippen molar-refractivity contribution in [3.05, 3.63) is 29.3 Å². The molecule has 1 saturated carbocycles. The van der Waals surface area contributed by atoms with Crippen LogP contribution in [0, 0.1) is 0 Å². The number of halogens is 1. The van der Waals surface area contributed by atoms with E-state index >= 15 is 0 Å². The first-order valence-corrected chi connectivity index (χ1v) is 8.09. The van der Waals surface area contributed by atoms with Crippen molar-refractivity contribution in [2.75, 3.05) is 6.61 Å². The lowest BCUT2D eigenvalue weighted by molar-refractivity contribution is 0.156. The Morgan fingerprint density at radius 2 is 2.32 bits per heavy atom. The van der Waals surface area contributed by atoms with Crippen LogP contribution in [-0.2, 0) is 0 Å². The normalized spacial score (nSPS) is 27.1. The highest BCUT2D eigenvalue weighted by Gasteiger charge is 2.39. The Labute approximate surface area is 124 Å². The molecule has 0 amide bonds. The predicted octanol–water partition coefficient (Wildman–Crippen LogP) is 3.71. The smallest absolute Gasteiger partial charge is 0.0613 e. The standard InChI is InChI=1S/C15H22ClNOS/c1-11(2)17-15(10-18)7-6-14(9-15)19-13-5-3-4-12(16)8-13/h3-5,8,11,14,17-18H,6-7,9-10H2,1-2H3. The van der Waals surface area contributed by atoms with Crippen molar-refractivity contribution < 1.29 is 5.11 Å². The molecule has 19 heavy (non-hydrogen) atoms. The molecule has 1 aromatic rings. The van der Waals surface area contributed by atoms with Gasteiger partial charge in [-0.2, -0.15) is 0 Å². The molecule has 0 aromatic heterocycles. The summed E-state index contributed by atoms with van der Waals surface area (Å²) < 4.78 is 0. The second-order valence-corrected chi connectivity index (χ2v) is 7.49. The SMILES string of the molecule is CC(C)NC1(CO)CCC(Sc2cccc(Cl)c2)C1. The first-order valence-electron chi connectivity index (χ1n) is 6.84. The van der Waals surface area contributed by atoms with E-state index in [4.69, 9.17) is 11.6 Å². The summed E-state index contributed by atoms with van der Waals surface area (Å²) in [6.45, 7) is 4.49. The number of hydrogen-bond acceptors (Lipinski definition) is 3. The van der Waals surface area contributed by atoms with Gasteiger partial charge < -0.3 is 10.4 Å². The van der Waals surface area contributed by atoms with Gasteiger partial charge in [0.2, 0.25) is 0 Å². The molecule has 1 fully saturated rings. The molecular weight excluding hydrogens is 278 g/mol. The molecule has 2 atom stereocenters. The number of aliphatic hydroxyl groups is 1. The van der Waals surface area contributed by atoms with E-state index < -0.39 is 0 Å². The van der Waals surface area contributed by atoms with Gasteiger partial charge in [0.15, 0.2) is 0 Å². The van der Waals surface area contributed by atoms with Crippen LogP contribution in [0.5, 0.6) is 0 Å². The van der Waals surface area contributed by atoms with Crippen LogP contribution in [0.1, 0.15) is 33.1 Å². The molecule has 2 unspecified atom stereocenters. The summed E-state index contributed by atoms with van der Waals surface area (Å²) in [6.07, 6.45) is 3.19. The van der Waals surface area contributed by atoms with E-state index in [9.17, 15) is 5.11 Å². The van der Waals surface area contributed by atoms with Gasteiger partial charge >= 0.3 is 0 Å². The van der Waals surface area contributed by atoms with Crippen LogP contribution in [-0.4, -0.2) is 28.5 Å². The van der Waals surface area contributed by atoms with E-state index in [0.717, 1.165) is 24.3 Å². The van der Waals surface area contributed by atoms with Crippen molar-refractivity contribution in [3.63, 3.8) is 0 Å². The van der Waals surface area contributed by atoms with Crippen LogP contribution in [0.2, 0.25) is 5.02 Å². The van der Waals surface area contributed by atoms with Crippen LogP contribution < -0.4 is 5.32 Å².